The van der Waals surface area contributed by atoms with Gasteiger partial charge in [-0.1, -0.05) is 0 Å². The molecule has 0 aromatic carbocycles. The van der Waals surface area contributed by atoms with Crippen molar-refractivity contribution in [2.45, 2.75) is 18.5 Å². The highest BCUT2D eigenvalue weighted by Gasteiger charge is 2.33. The first kappa shape index (κ1) is 16.8. The van der Waals surface area contributed by atoms with E-state index in [0.717, 1.165) is 21.9 Å². The number of hydrogen-bond acceptors (Lipinski definition) is 8. The van der Waals surface area contributed by atoms with Gasteiger partial charge >= 0.3 is 6.09 Å². The summed E-state index contributed by atoms with van der Waals surface area (Å²) in [6.45, 7) is 6.19. The predicted octanol–water partition coefficient (Wildman–Crippen LogP) is 1.23. The van der Waals surface area contributed by atoms with Crippen molar-refractivity contribution < 1.29 is 9.53 Å². The van der Waals surface area contributed by atoms with Crippen molar-refractivity contribution >= 4 is 41.6 Å². The second kappa shape index (κ2) is 7.14. The molecule has 1 aromatic rings. The van der Waals surface area contributed by atoms with Crippen LogP contribution in [0.4, 0.5) is 4.79 Å². The fraction of sp³-hybridized carbons (Fsp3) is 0.385. The third kappa shape index (κ3) is 4.23. The van der Waals surface area contributed by atoms with Crippen LogP contribution in [0.3, 0.4) is 0 Å². The molecule has 0 atom stereocenters. The standard InChI is InChI=1S/C13H19N5O2S2/c1-3-20-12(19)17-7-6-8-4-5-9(21-8)10-11(16-2)22-13(14,15)18-10/h4-5,18H,2-3,6-7,14-15H2,1H3,(H,17,19). The lowest BCUT2D eigenvalue weighted by molar-refractivity contribution is 0.152. The van der Waals surface area contributed by atoms with Crippen LogP contribution >= 0.6 is 23.1 Å². The molecule has 1 amide bonds. The molecule has 0 saturated carbocycles. The van der Waals surface area contributed by atoms with Crippen molar-refractivity contribution in [1.29, 1.82) is 0 Å². The topological polar surface area (TPSA) is 115 Å². The molecule has 120 valence electrons. The Morgan fingerprint density at radius 2 is 2.32 bits per heavy atom. The number of nitrogens with two attached hydrogens (primary N) is 2. The zero-order valence-electron chi connectivity index (χ0n) is 12.2. The van der Waals surface area contributed by atoms with Gasteiger partial charge in [-0.2, -0.15) is 0 Å². The summed E-state index contributed by atoms with van der Waals surface area (Å²) >= 11 is 2.83. The van der Waals surface area contributed by atoms with E-state index in [-0.39, 0.29) is 0 Å². The summed E-state index contributed by atoms with van der Waals surface area (Å²) in [5, 5.41) is 5.34. The zero-order chi connectivity index (χ0) is 16.2. The number of nitrogens with one attached hydrogen (secondary N) is 2. The van der Waals surface area contributed by atoms with E-state index in [1.807, 2.05) is 12.1 Å². The number of ether oxygens (including phenoxy) is 1. The van der Waals surface area contributed by atoms with Gasteiger partial charge in [0, 0.05) is 11.4 Å². The zero-order valence-corrected chi connectivity index (χ0v) is 13.9. The van der Waals surface area contributed by atoms with Crippen LogP contribution in [0.2, 0.25) is 0 Å². The molecule has 0 saturated heterocycles. The van der Waals surface area contributed by atoms with Gasteiger partial charge < -0.3 is 15.4 Å². The van der Waals surface area contributed by atoms with Crippen LogP contribution in [-0.2, 0) is 11.2 Å². The van der Waals surface area contributed by atoms with Crippen LogP contribution in [0.25, 0.3) is 5.70 Å². The summed E-state index contributed by atoms with van der Waals surface area (Å²) in [7, 11) is 0. The maximum absolute atomic E-state index is 11.2. The average molecular weight is 341 g/mol. The molecule has 0 unspecified atom stereocenters. The minimum absolute atomic E-state index is 0.365. The molecule has 0 spiro atoms. The summed E-state index contributed by atoms with van der Waals surface area (Å²) < 4.78 is 4.80. The van der Waals surface area contributed by atoms with Crippen molar-refractivity contribution in [2.75, 3.05) is 13.2 Å². The number of rotatable bonds is 6. The number of nitrogens with zero attached hydrogens (tertiary/aromatic N) is 1. The van der Waals surface area contributed by atoms with Crippen molar-refractivity contribution in [2.24, 2.45) is 16.5 Å². The summed E-state index contributed by atoms with van der Waals surface area (Å²) in [5.41, 5.74) is 12.5. The van der Waals surface area contributed by atoms with Crippen molar-refractivity contribution in [3.8, 4) is 0 Å². The Labute approximate surface area is 137 Å². The smallest absolute Gasteiger partial charge is 0.407 e. The Hall–Kier alpha value is -1.55. The van der Waals surface area contributed by atoms with Crippen LogP contribution in [-0.4, -0.2) is 31.1 Å². The van der Waals surface area contributed by atoms with Gasteiger partial charge in [-0.25, -0.2) is 4.79 Å². The van der Waals surface area contributed by atoms with Crippen molar-refractivity contribution in [3.63, 3.8) is 0 Å². The van der Waals surface area contributed by atoms with Crippen LogP contribution in [0.1, 0.15) is 16.7 Å². The van der Waals surface area contributed by atoms with Gasteiger partial charge in [0.05, 0.1) is 17.2 Å². The van der Waals surface area contributed by atoms with E-state index in [0.29, 0.717) is 18.2 Å². The molecule has 9 heteroatoms. The number of carbonyl (C=O) groups is 1. The molecule has 1 aliphatic rings. The Morgan fingerprint density at radius 1 is 1.55 bits per heavy atom. The van der Waals surface area contributed by atoms with E-state index in [4.69, 9.17) is 16.2 Å². The summed E-state index contributed by atoms with van der Waals surface area (Å²) in [4.78, 5) is 17.3. The van der Waals surface area contributed by atoms with E-state index >= 15 is 0 Å². The van der Waals surface area contributed by atoms with Gasteiger partial charge in [0.1, 0.15) is 5.03 Å². The third-order valence-corrected chi connectivity index (χ3v) is 4.90. The third-order valence-electron chi connectivity index (χ3n) is 2.77. The highest BCUT2D eigenvalue weighted by atomic mass is 32.2. The minimum atomic E-state index is -1.07. The predicted molar refractivity (Wildman–Crippen MR) is 91.3 cm³/mol. The minimum Gasteiger partial charge on any atom is -0.450 e. The summed E-state index contributed by atoms with van der Waals surface area (Å²) in [5.74, 6) is 0. The van der Waals surface area contributed by atoms with Crippen LogP contribution in [0.5, 0.6) is 0 Å². The number of alkyl carbamates (subject to hydrolysis) is 1. The molecule has 1 aromatic heterocycles. The number of carbonyl (C=O) groups excluding carboxylic acids is 1. The fourth-order valence-corrected chi connectivity index (χ4v) is 3.75. The lowest BCUT2D eigenvalue weighted by atomic mass is 10.3. The van der Waals surface area contributed by atoms with E-state index in [9.17, 15) is 4.79 Å². The van der Waals surface area contributed by atoms with Gasteiger partial charge in [0.25, 0.3) is 0 Å². The summed E-state index contributed by atoms with van der Waals surface area (Å²) in [6.07, 6.45) is 0.321. The molecule has 0 aliphatic carbocycles. The van der Waals surface area contributed by atoms with Gasteiger partial charge in [0.2, 0.25) is 0 Å². The molecule has 2 heterocycles. The Morgan fingerprint density at radius 3 is 3.00 bits per heavy atom. The lowest BCUT2D eigenvalue weighted by Gasteiger charge is -2.17. The SMILES string of the molecule is C=NC1=C(c2ccc(CCNC(=O)OCC)s2)NC(N)(N)S1. The Kier molecular flexibility index (Phi) is 5.46. The molecule has 0 bridgehead atoms. The van der Waals surface area contributed by atoms with Gasteiger partial charge in [0.15, 0.2) is 5.12 Å². The first-order valence-corrected chi connectivity index (χ1v) is 8.34. The number of thiophene rings is 1. The van der Waals surface area contributed by atoms with Crippen LogP contribution in [0.15, 0.2) is 22.2 Å². The van der Waals surface area contributed by atoms with E-state index < -0.39 is 11.2 Å². The van der Waals surface area contributed by atoms with Gasteiger partial charge in [-0.15, -0.1) is 11.3 Å². The summed E-state index contributed by atoms with van der Waals surface area (Å²) in [6, 6.07) is 3.97. The average Bonchev–Trinajstić information content (AvgIpc) is 3.03. The van der Waals surface area contributed by atoms with Crippen molar-refractivity contribution in [3.05, 3.63) is 26.9 Å². The van der Waals surface area contributed by atoms with Crippen LogP contribution < -0.4 is 22.1 Å². The monoisotopic (exact) mass is 341 g/mol. The maximum atomic E-state index is 11.2. The molecule has 7 nitrogen and oxygen atoms in total. The molecule has 6 N–H and O–H groups in total. The molecule has 2 rings (SSSR count). The second-order valence-electron chi connectivity index (χ2n) is 4.52. The number of aliphatic imine (C=N–C) groups is 1. The largest absolute Gasteiger partial charge is 0.450 e. The van der Waals surface area contributed by atoms with Gasteiger partial charge in [-0.3, -0.25) is 16.5 Å². The maximum Gasteiger partial charge on any atom is 0.407 e. The Balaban J connectivity index is 1.97. The molecule has 0 fully saturated rings. The number of amides is 1. The highest BCUT2D eigenvalue weighted by Crippen LogP contribution is 2.39. The molecule has 0 radical (unpaired) electrons. The van der Waals surface area contributed by atoms with Gasteiger partial charge in [-0.05, 0) is 44.0 Å². The number of hydrogen-bond donors (Lipinski definition) is 4. The van der Waals surface area contributed by atoms with E-state index in [2.05, 4.69) is 22.3 Å². The fourth-order valence-electron chi connectivity index (χ4n) is 1.88. The normalized spacial score (nSPS) is 16.3. The Bertz CT molecular complexity index is 597. The molecular formula is C13H19N5O2S2. The van der Waals surface area contributed by atoms with E-state index in [1.54, 1.807) is 18.3 Å². The van der Waals surface area contributed by atoms with Crippen LogP contribution in [0, 0.1) is 0 Å². The first-order valence-electron chi connectivity index (χ1n) is 6.71. The first-order chi connectivity index (χ1) is 10.4. The van der Waals surface area contributed by atoms with E-state index in [1.165, 1.54) is 11.8 Å². The number of thioether (sulfide) groups is 1. The highest BCUT2D eigenvalue weighted by molar-refractivity contribution is 8.04. The lowest BCUT2D eigenvalue weighted by Crippen LogP contribution is -2.54. The molecular weight excluding hydrogens is 322 g/mol. The molecule has 1 aliphatic heterocycles. The quantitative estimate of drug-likeness (QED) is 0.457. The second-order valence-corrected chi connectivity index (χ2v) is 6.96. The molecule has 22 heavy (non-hydrogen) atoms. The van der Waals surface area contributed by atoms with Crippen molar-refractivity contribution in [1.82, 2.24) is 10.6 Å².